The number of nitrogens with two attached hydrogens (primary N) is 1. The summed E-state index contributed by atoms with van der Waals surface area (Å²) in [7, 11) is 0. The molecule has 0 unspecified atom stereocenters. The van der Waals surface area contributed by atoms with Gasteiger partial charge in [-0.3, -0.25) is 9.78 Å². The summed E-state index contributed by atoms with van der Waals surface area (Å²) in [5.74, 6) is -1.41. The molecule has 0 bridgehead atoms. The molecule has 2 heterocycles. The standard InChI is InChI=1S/C11H12BrFN4O2/c12-7-5-15-6-8(13)9(7)10(18)16-11(14)17-1-3-19-4-2-17/h5-6H,1-4H2,(H2,14,16,18). The molecule has 1 amide bonds. The number of hydrogen-bond acceptors (Lipinski definition) is 3. The highest BCUT2D eigenvalue weighted by molar-refractivity contribution is 9.10. The van der Waals surface area contributed by atoms with E-state index in [-0.39, 0.29) is 16.0 Å². The number of nitrogens with zero attached hydrogens (tertiary/aromatic N) is 3. The molecule has 1 aliphatic rings. The normalized spacial score (nSPS) is 16.5. The number of aromatic nitrogens is 1. The van der Waals surface area contributed by atoms with Gasteiger partial charge in [-0.15, -0.1) is 0 Å². The van der Waals surface area contributed by atoms with Crippen LogP contribution in [-0.4, -0.2) is 48.1 Å². The number of guanidine groups is 1. The smallest absolute Gasteiger partial charge is 0.284 e. The number of rotatable bonds is 1. The van der Waals surface area contributed by atoms with Crippen LogP contribution in [0.3, 0.4) is 0 Å². The first-order valence-corrected chi connectivity index (χ1v) is 6.39. The predicted octanol–water partition coefficient (Wildman–Crippen LogP) is 0.770. The molecule has 8 heteroatoms. The van der Waals surface area contributed by atoms with E-state index >= 15 is 0 Å². The van der Waals surface area contributed by atoms with Gasteiger partial charge >= 0.3 is 0 Å². The topological polar surface area (TPSA) is 80.8 Å². The number of morpholine rings is 1. The summed E-state index contributed by atoms with van der Waals surface area (Å²) in [5.41, 5.74) is 5.56. The maximum absolute atomic E-state index is 13.5. The summed E-state index contributed by atoms with van der Waals surface area (Å²) < 4.78 is 18.9. The van der Waals surface area contributed by atoms with E-state index < -0.39 is 11.7 Å². The summed E-state index contributed by atoms with van der Waals surface area (Å²) in [6.07, 6.45) is 2.29. The average Bonchev–Trinajstić information content (AvgIpc) is 2.39. The second kappa shape index (κ2) is 6.07. The van der Waals surface area contributed by atoms with Crippen molar-refractivity contribution < 1.29 is 13.9 Å². The number of pyridine rings is 1. The molecule has 1 saturated heterocycles. The van der Waals surface area contributed by atoms with Crippen molar-refractivity contribution >= 4 is 27.8 Å². The van der Waals surface area contributed by atoms with Gasteiger partial charge in [0.25, 0.3) is 5.91 Å². The van der Waals surface area contributed by atoms with Crippen LogP contribution in [0.2, 0.25) is 0 Å². The Balaban J connectivity index is 2.19. The average molecular weight is 331 g/mol. The van der Waals surface area contributed by atoms with Gasteiger partial charge in [-0.2, -0.15) is 4.99 Å². The molecule has 1 aromatic heterocycles. The molecule has 0 aromatic carbocycles. The lowest BCUT2D eigenvalue weighted by atomic mass is 10.2. The number of halogens is 2. The van der Waals surface area contributed by atoms with Gasteiger partial charge in [0.1, 0.15) is 0 Å². The van der Waals surface area contributed by atoms with Crippen LogP contribution in [0.25, 0.3) is 0 Å². The highest BCUT2D eigenvalue weighted by Gasteiger charge is 2.18. The third-order valence-corrected chi connectivity index (χ3v) is 3.22. The fourth-order valence-corrected chi connectivity index (χ4v) is 2.12. The molecule has 1 fully saturated rings. The molecule has 0 atom stereocenters. The number of carbonyl (C=O) groups is 1. The molecule has 1 aromatic rings. The third kappa shape index (κ3) is 3.27. The molecule has 0 saturated carbocycles. The fourth-order valence-electron chi connectivity index (χ4n) is 1.64. The van der Waals surface area contributed by atoms with Gasteiger partial charge in [-0.25, -0.2) is 4.39 Å². The minimum absolute atomic E-state index is 0.0661. The van der Waals surface area contributed by atoms with Crippen molar-refractivity contribution in [1.29, 1.82) is 0 Å². The highest BCUT2D eigenvalue weighted by atomic mass is 79.9. The van der Waals surface area contributed by atoms with Crippen molar-refractivity contribution in [3.05, 3.63) is 28.2 Å². The molecule has 1 aliphatic heterocycles. The SMILES string of the molecule is NC(=NC(=O)c1c(F)cncc1Br)N1CCOCC1. The van der Waals surface area contributed by atoms with Gasteiger partial charge in [-0.1, -0.05) is 0 Å². The van der Waals surface area contributed by atoms with Crippen LogP contribution in [0, 0.1) is 5.82 Å². The van der Waals surface area contributed by atoms with Crippen molar-refractivity contribution in [1.82, 2.24) is 9.88 Å². The van der Waals surface area contributed by atoms with Crippen LogP contribution in [0.15, 0.2) is 21.9 Å². The van der Waals surface area contributed by atoms with Gasteiger partial charge < -0.3 is 15.4 Å². The fraction of sp³-hybridized carbons (Fsp3) is 0.364. The van der Waals surface area contributed by atoms with Crippen molar-refractivity contribution in [2.24, 2.45) is 10.7 Å². The van der Waals surface area contributed by atoms with Crippen molar-refractivity contribution in [3.63, 3.8) is 0 Å². The Labute approximate surface area is 117 Å². The van der Waals surface area contributed by atoms with Gasteiger partial charge in [0.05, 0.1) is 29.4 Å². The molecular formula is C11H12BrFN4O2. The number of ether oxygens (including phenoxy) is 1. The Hall–Kier alpha value is -1.54. The second-order valence-electron chi connectivity index (χ2n) is 3.85. The molecule has 0 aliphatic carbocycles. The Kier molecular flexibility index (Phi) is 4.43. The van der Waals surface area contributed by atoms with Crippen molar-refractivity contribution in [3.8, 4) is 0 Å². The van der Waals surface area contributed by atoms with Crippen LogP contribution in [0.5, 0.6) is 0 Å². The zero-order valence-corrected chi connectivity index (χ0v) is 11.6. The number of amides is 1. The van der Waals surface area contributed by atoms with Gasteiger partial charge in [-0.05, 0) is 15.9 Å². The van der Waals surface area contributed by atoms with Crippen LogP contribution >= 0.6 is 15.9 Å². The number of hydrogen-bond donors (Lipinski definition) is 1. The lowest BCUT2D eigenvalue weighted by Gasteiger charge is -2.27. The summed E-state index contributed by atoms with van der Waals surface area (Å²) in [6, 6.07) is 0. The van der Waals surface area contributed by atoms with Gasteiger partial charge in [0, 0.05) is 19.3 Å². The van der Waals surface area contributed by atoms with E-state index in [1.54, 1.807) is 4.90 Å². The molecule has 19 heavy (non-hydrogen) atoms. The molecule has 2 rings (SSSR count). The first kappa shape index (κ1) is 13.9. The minimum Gasteiger partial charge on any atom is -0.378 e. The predicted molar refractivity (Wildman–Crippen MR) is 70.2 cm³/mol. The Morgan fingerprint density at radius 3 is 2.79 bits per heavy atom. The van der Waals surface area contributed by atoms with E-state index in [0.29, 0.717) is 26.3 Å². The Morgan fingerprint density at radius 1 is 1.47 bits per heavy atom. The quantitative estimate of drug-likeness (QED) is 0.607. The Morgan fingerprint density at radius 2 is 2.16 bits per heavy atom. The third-order valence-electron chi connectivity index (χ3n) is 2.62. The van der Waals surface area contributed by atoms with Crippen LogP contribution < -0.4 is 5.73 Å². The largest absolute Gasteiger partial charge is 0.378 e. The first-order chi connectivity index (χ1) is 9.09. The van der Waals surface area contributed by atoms with E-state index in [1.165, 1.54) is 6.20 Å². The zero-order chi connectivity index (χ0) is 13.8. The lowest BCUT2D eigenvalue weighted by Crippen LogP contribution is -2.45. The summed E-state index contributed by atoms with van der Waals surface area (Å²) >= 11 is 3.07. The Bertz CT molecular complexity index is 497. The van der Waals surface area contributed by atoms with Crippen LogP contribution in [-0.2, 0) is 4.74 Å². The minimum atomic E-state index is -0.740. The first-order valence-electron chi connectivity index (χ1n) is 5.60. The van der Waals surface area contributed by atoms with E-state index in [1.807, 2.05) is 0 Å². The molecule has 2 N–H and O–H groups in total. The lowest BCUT2D eigenvalue weighted by molar-refractivity contribution is 0.0671. The highest BCUT2D eigenvalue weighted by Crippen LogP contribution is 2.19. The summed E-state index contributed by atoms with van der Waals surface area (Å²) in [5, 5.41) is 0. The summed E-state index contributed by atoms with van der Waals surface area (Å²) in [4.78, 5) is 21.0. The van der Waals surface area contributed by atoms with E-state index in [2.05, 4.69) is 25.9 Å². The zero-order valence-electron chi connectivity index (χ0n) is 9.97. The van der Waals surface area contributed by atoms with Gasteiger partial charge in [0.15, 0.2) is 11.8 Å². The molecule has 0 spiro atoms. The van der Waals surface area contributed by atoms with Gasteiger partial charge in [0.2, 0.25) is 0 Å². The molecule has 102 valence electrons. The van der Waals surface area contributed by atoms with Crippen molar-refractivity contribution in [2.75, 3.05) is 26.3 Å². The number of aliphatic imine (C=N–C) groups is 1. The van der Waals surface area contributed by atoms with Crippen LogP contribution in [0.4, 0.5) is 4.39 Å². The molecular weight excluding hydrogens is 319 g/mol. The monoisotopic (exact) mass is 330 g/mol. The maximum Gasteiger partial charge on any atom is 0.284 e. The molecule has 0 radical (unpaired) electrons. The van der Waals surface area contributed by atoms with E-state index in [0.717, 1.165) is 6.20 Å². The van der Waals surface area contributed by atoms with Crippen LogP contribution in [0.1, 0.15) is 10.4 Å². The second-order valence-corrected chi connectivity index (χ2v) is 4.71. The maximum atomic E-state index is 13.5. The van der Waals surface area contributed by atoms with E-state index in [9.17, 15) is 9.18 Å². The van der Waals surface area contributed by atoms with Crippen molar-refractivity contribution in [2.45, 2.75) is 0 Å². The number of carbonyl (C=O) groups excluding carboxylic acids is 1. The molecule has 6 nitrogen and oxygen atoms in total. The van der Waals surface area contributed by atoms with E-state index in [4.69, 9.17) is 10.5 Å². The summed E-state index contributed by atoms with van der Waals surface area (Å²) in [6.45, 7) is 2.17.